The zero-order chi connectivity index (χ0) is 22.5. The molecule has 0 aliphatic heterocycles. The van der Waals surface area contributed by atoms with Crippen LogP contribution in [0.4, 0.5) is 0 Å². The number of aromatic amines is 1. The van der Waals surface area contributed by atoms with Crippen LogP contribution in [0.15, 0.2) is 47.3 Å². The Hall–Kier alpha value is -2.90. The van der Waals surface area contributed by atoms with Gasteiger partial charge in [-0.3, -0.25) is 14.4 Å². The van der Waals surface area contributed by atoms with Crippen molar-refractivity contribution in [1.29, 1.82) is 0 Å². The van der Waals surface area contributed by atoms with Crippen molar-refractivity contribution < 1.29 is 9.59 Å². The number of hydrogen-bond acceptors (Lipinski definition) is 4. The standard InChI is InChI=1S/C22H22Cl2N4O3/c1-3-28(12-20-26-18-10-14(23)8-9-16(18)22(31)27-20)21(30)11-19(25-13(2)29)15-6-4-5-7-17(15)24/h4-10,19H,3,11-12H2,1-2H3,(H,25,29)(H,26,27,31)/t19-/m0/s1. The Morgan fingerprint density at radius 2 is 1.94 bits per heavy atom. The van der Waals surface area contributed by atoms with Gasteiger partial charge in [0.15, 0.2) is 0 Å². The quantitative estimate of drug-likeness (QED) is 0.559. The average molecular weight is 461 g/mol. The zero-order valence-corrected chi connectivity index (χ0v) is 18.6. The Morgan fingerprint density at radius 1 is 1.19 bits per heavy atom. The van der Waals surface area contributed by atoms with E-state index in [1.807, 2.05) is 6.92 Å². The number of rotatable bonds is 7. The molecule has 2 aromatic carbocycles. The summed E-state index contributed by atoms with van der Waals surface area (Å²) in [5.74, 6) is -0.128. The molecule has 7 nitrogen and oxygen atoms in total. The zero-order valence-electron chi connectivity index (χ0n) is 17.1. The van der Waals surface area contributed by atoms with E-state index in [2.05, 4.69) is 15.3 Å². The molecule has 162 valence electrons. The lowest BCUT2D eigenvalue weighted by molar-refractivity contribution is -0.132. The van der Waals surface area contributed by atoms with Crippen molar-refractivity contribution in [1.82, 2.24) is 20.2 Å². The third-order valence-electron chi connectivity index (χ3n) is 4.83. The van der Waals surface area contributed by atoms with Crippen LogP contribution < -0.4 is 10.9 Å². The van der Waals surface area contributed by atoms with E-state index < -0.39 is 6.04 Å². The maximum atomic E-state index is 13.0. The molecule has 0 aliphatic carbocycles. The van der Waals surface area contributed by atoms with Gasteiger partial charge in [-0.1, -0.05) is 41.4 Å². The number of hydrogen-bond donors (Lipinski definition) is 2. The van der Waals surface area contributed by atoms with Crippen molar-refractivity contribution in [2.75, 3.05) is 6.54 Å². The number of carbonyl (C=O) groups excluding carboxylic acids is 2. The highest BCUT2D eigenvalue weighted by Gasteiger charge is 2.23. The molecule has 2 N–H and O–H groups in total. The third-order valence-corrected chi connectivity index (χ3v) is 5.41. The molecule has 1 heterocycles. The van der Waals surface area contributed by atoms with Crippen molar-refractivity contribution >= 4 is 45.9 Å². The van der Waals surface area contributed by atoms with Gasteiger partial charge < -0.3 is 15.2 Å². The maximum absolute atomic E-state index is 13.0. The van der Waals surface area contributed by atoms with E-state index in [1.165, 1.54) is 6.92 Å². The Balaban J connectivity index is 1.83. The number of halogens is 2. The Kier molecular flexibility index (Phi) is 7.30. The molecular weight excluding hydrogens is 439 g/mol. The fraction of sp³-hybridized carbons (Fsp3) is 0.273. The lowest BCUT2D eigenvalue weighted by atomic mass is 10.0. The molecule has 3 rings (SSSR count). The van der Waals surface area contributed by atoms with E-state index in [0.717, 1.165) is 0 Å². The minimum atomic E-state index is -0.574. The monoisotopic (exact) mass is 460 g/mol. The predicted octanol–water partition coefficient (Wildman–Crippen LogP) is 3.85. The second-order valence-electron chi connectivity index (χ2n) is 7.06. The number of amides is 2. The molecule has 0 radical (unpaired) electrons. The summed E-state index contributed by atoms with van der Waals surface area (Å²) in [6.45, 7) is 3.73. The molecule has 1 atom stereocenters. The SMILES string of the molecule is CCN(Cc1nc2cc(Cl)ccc2c(=O)[nH]1)C(=O)C[C@H](NC(C)=O)c1ccccc1Cl. The van der Waals surface area contributed by atoms with Crippen LogP contribution in [0.25, 0.3) is 10.9 Å². The number of aromatic nitrogens is 2. The second kappa shape index (κ2) is 9.94. The molecule has 0 fully saturated rings. The third kappa shape index (κ3) is 5.62. The lowest BCUT2D eigenvalue weighted by Gasteiger charge is -2.25. The van der Waals surface area contributed by atoms with Gasteiger partial charge in [0, 0.05) is 23.5 Å². The van der Waals surface area contributed by atoms with Crippen molar-refractivity contribution in [3.8, 4) is 0 Å². The molecule has 3 aromatic rings. The molecule has 0 spiro atoms. The summed E-state index contributed by atoms with van der Waals surface area (Å²) < 4.78 is 0. The summed E-state index contributed by atoms with van der Waals surface area (Å²) >= 11 is 12.3. The first-order valence-corrected chi connectivity index (χ1v) is 10.5. The molecule has 0 saturated heterocycles. The predicted molar refractivity (Wildman–Crippen MR) is 121 cm³/mol. The van der Waals surface area contributed by atoms with Gasteiger partial charge in [0.05, 0.1) is 29.9 Å². The summed E-state index contributed by atoms with van der Waals surface area (Å²) in [6, 6.07) is 11.3. The van der Waals surface area contributed by atoms with Gasteiger partial charge in [-0.2, -0.15) is 0 Å². The first kappa shape index (κ1) is 22.8. The molecule has 0 unspecified atom stereocenters. The van der Waals surface area contributed by atoms with Gasteiger partial charge in [-0.25, -0.2) is 4.98 Å². The van der Waals surface area contributed by atoms with Gasteiger partial charge in [0.25, 0.3) is 5.56 Å². The van der Waals surface area contributed by atoms with E-state index in [9.17, 15) is 14.4 Å². The topological polar surface area (TPSA) is 95.2 Å². The number of nitrogens with one attached hydrogen (secondary N) is 2. The van der Waals surface area contributed by atoms with E-state index in [1.54, 1.807) is 47.4 Å². The number of fused-ring (bicyclic) bond motifs is 1. The fourth-order valence-electron chi connectivity index (χ4n) is 3.34. The summed E-state index contributed by atoms with van der Waals surface area (Å²) in [5, 5.41) is 4.15. The van der Waals surface area contributed by atoms with E-state index in [-0.39, 0.29) is 30.3 Å². The van der Waals surface area contributed by atoms with Crippen LogP contribution in [-0.4, -0.2) is 33.2 Å². The van der Waals surface area contributed by atoms with Gasteiger partial charge in [-0.05, 0) is 36.8 Å². The summed E-state index contributed by atoms with van der Waals surface area (Å²) in [5.41, 5.74) is 0.824. The van der Waals surface area contributed by atoms with Crippen LogP contribution in [0.5, 0.6) is 0 Å². The fourth-order valence-corrected chi connectivity index (χ4v) is 3.77. The highest BCUT2D eigenvalue weighted by atomic mass is 35.5. The van der Waals surface area contributed by atoms with Gasteiger partial charge in [-0.15, -0.1) is 0 Å². The maximum Gasteiger partial charge on any atom is 0.258 e. The second-order valence-corrected chi connectivity index (χ2v) is 7.90. The van der Waals surface area contributed by atoms with E-state index in [0.29, 0.717) is 38.9 Å². The normalized spacial score (nSPS) is 11.9. The average Bonchev–Trinajstić information content (AvgIpc) is 2.71. The first-order chi connectivity index (χ1) is 14.8. The summed E-state index contributed by atoms with van der Waals surface area (Å²) in [6.07, 6.45) is 0.0147. The highest BCUT2D eigenvalue weighted by Crippen LogP contribution is 2.26. The molecule has 1 aromatic heterocycles. The Labute approximate surface area is 189 Å². The lowest BCUT2D eigenvalue weighted by Crippen LogP contribution is -2.36. The van der Waals surface area contributed by atoms with Crippen LogP contribution >= 0.6 is 23.2 Å². The molecule has 9 heteroatoms. The Morgan fingerprint density at radius 3 is 2.61 bits per heavy atom. The number of nitrogens with zero attached hydrogens (tertiary/aromatic N) is 2. The number of benzene rings is 2. The highest BCUT2D eigenvalue weighted by molar-refractivity contribution is 6.31. The largest absolute Gasteiger partial charge is 0.349 e. The van der Waals surface area contributed by atoms with Crippen LogP contribution in [-0.2, 0) is 16.1 Å². The Bertz CT molecular complexity index is 1180. The molecule has 2 amide bonds. The molecule has 0 bridgehead atoms. The van der Waals surface area contributed by atoms with Crippen LogP contribution in [0.3, 0.4) is 0 Å². The first-order valence-electron chi connectivity index (χ1n) is 9.76. The van der Waals surface area contributed by atoms with Crippen molar-refractivity contribution in [2.45, 2.75) is 32.9 Å². The van der Waals surface area contributed by atoms with Crippen LogP contribution in [0.2, 0.25) is 10.0 Å². The van der Waals surface area contributed by atoms with Gasteiger partial charge in [0.1, 0.15) is 5.82 Å². The van der Waals surface area contributed by atoms with Crippen molar-refractivity contribution in [2.24, 2.45) is 0 Å². The molecule has 31 heavy (non-hydrogen) atoms. The van der Waals surface area contributed by atoms with Gasteiger partial charge in [0.2, 0.25) is 11.8 Å². The van der Waals surface area contributed by atoms with Crippen molar-refractivity contribution in [3.05, 3.63) is 74.3 Å². The smallest absolute Gasteiger partial charge is 0.258 e. The van der Waals surface area contributed by atoms with Crippen LogP contribution in [0.1, 0.15) is 37.7 Å². The summed E-state index contributed by atoms with van der Waals surface area (Å²) in [7, 11) is 0. The molecule has 0 aliphatic rings. The molecular formula is C22H22Cl2N4O3. The van der Waals surface area contributed by atoms with Crippen molar-refractivity contribution in [3.63, 3.8) is 0 Å². The van der Waals surface area contributed by atoms with E-state index in [4.69, 9.17) is 23.2 Å². The summed E-state index contributed by atoms with van der Waals surface area (Å²) in [4.78, 5) is 45.8. The minimum absolute atomic E-state index is 0.0147. The van der Waals surface area contributed by atoms with Crippen LogP contribution in [0, 0.1) is 0 Å². The molecule has 0 saturated carbocycles. The number of H-pyrrole nitrogens is 1. The van der Waals surface area contributed by atoms with E-state index >= 15 is 0 Å². The minimum Gasteiger partial charge on any atom is -0.349 e. The van der Waals surface area contributed by atoms with Gasteiger partial charge >= 0.3 is 0 Å². The number of carbonyl (C=O) groups is 2.